The zero-order chi connectivity index (χ0) is 18.4. The summed E-state index contributed by atoms with van der Waals surface area (Å²) in [4.78, 5) is 10.3. The highest BCUT2D eigenvalue weighted by atomic mass is 32.1. The highest BCUT2D eigenvalue weighted by Gasteiger charge is 2.34. The van der Waals surface area contributed by atoms with Crippen LogP contribution < -0.4 is 9.64 Å². The summed E-state index contributed by atoms with van der Waals surface area (Å²) in [6, 6.07) is 9.91. The highest BCUT2D eigenvalue weighted by Crippen LogP contribution is 2.35. The van der Waals surface area contributed by atoms with Crippen LogP contribution in [0.1, 0.15) is 24.1 Å². The Morgan fingerprint density at radius 2 is 1.96 bits per heavy atom. The van der Waals surface area contributed by atoms with Gasteiger partial charge in [-0.25, -0.2) is 4.98 Å². The summed E-state index contributed by atoms with van der Waals surface area (Å²) in [7, 11) is 4.05. The first-order valence-electron chi connectivity index (χ1n) is 9.23. The van der Waals surface area contributed by atoms with E-state index < -0.39 is 0 Å². The number of nitrogens with zero attached hydrogens (tertiary/aromatic N) is 3. The second kappa shape index (κ2) is 8.84. The van der Waals surface area contributed by atoms with E-state index in [0.717, 1.165) is 49.8 Å². The maximum atomic E-state index is 9.99. The molecule has 1 aromatic carbocycles. The van der Waals surface area contributed by atoms with Gasteiger partial charge in [0, 0.05) is 38.3 Å². The van der Waals surface area contributed by atoms with Gasteiger partial charge in [-0.15, -0.1) is 11.3 Å². The fourth-order valence-electron chi connectivity index (χ4n) is 3.37. The normalized spacial score (nSPS) is 17.2. The second-order valence-corrected chi connectivity index (χ2v) is 8.44. The van der Waals surface area contributed by atoms with Gasteiger partial charge < -0.3 is 14.7 Å². The number of piperidine rings is 1. The number of thiazole rings is 1. The Hall–Kier alpha value is -1.63. The van der Waals surface area contributed by atoms with Crippen molar-refractivity contribution in [1.29, 1.82) is 0 Å². The van der Waals surface area contributed by atoms with E-state index in [9.17, 15) is 5.11 Å². The topological polar surface area (TPSA) is 48.8 Å². The molecule has 0 atom stereocenters. The number of rotatable bonds is 8. The second-order valence-electron chi connectivity index (χ2n) is 7.35. The van der Waals surface area contributed by atoms with E-state index in [-0.39, 0.29) is 12.0 Å². The quantitative estimate of drug-likeness (QED) is 0.767. The molecule has 0 saturated carbocycles. The molecule has 1 fully saturated rings. The number of hydrogen-bond acceptors (Lipinski definition) is 6. The van der Waals surface area contributed by atoms with Crippen molar-refractivity contribution >= 4 is 16.5 Å². The van der Waals surface area contributed by atoms with Crippen molar-refractivity contribution < 1.29 is 9.84 Å². The average Bonchev–Trinajstić information content (AvgIpc) is 3.13. The van der Waals surface area contributed by atoms with Crippen molar-refractivity contribution in [1.82, 2.24) is 9.88 Å². The van der Waals surface area contributed by atoms with Crippen molar-refractivity contribution in [2.45, 2.75) is 25.8 Å². The van der Waals surface area contributed by atoms with E-state index in [1.807, 2.05) is 55.5 Å². The lowest BCUT2D eigenvalue weighted by Crippen LogP contribution is -2.42. The van der Waals surface area contributed by atoms with Crippen LogP contribution in [-0.2, 0) is 6.54 Å². The third kappa shape index (κ3) is 4.96. The molecule has 2 aromatic rings. The predicted octanol–water partition coefficient (Wildman–Crippen LogP) is 3.25. The Balaban J connectivity index is 1.46. The number of benzene rings is 1. The Bertz CT molecular complexity index is 667. The van der Waals surface area contributed by atoms with Crippen LogP contribution in [0.3, 0.4) is 0 Å². The van der Waals surface area contributed by atoms with Crippen molar-refractivity contribution in [3.8, 4) is 5.75 Å². The summed E-state index contributed by atoms with van der Waals surface area (Å²) in [6.07, 6.45) is 4.92. The molecule has 1 aliphatic rings. The summed E-state index contributed by atoms with van der Waals surface area (Å²) in [5.74, 6) is 0.903. The number of hydrogen-bond donors (Lipinski definition) is 1. The lowest BCUT2D eigenvalue weighted by Gasteiger charge is -2.40. The molecule has 6 heteroatoms. The van der Waals surface area contributed by atoms with Gasteiger partial charge >= 0.3 is 0 Å². The molecular weight excluding hydrogens is 346 g/mol. The highest BCUT2D eigenvalue weighted by molar-refractivity contribution is 7.15. The molecule has 0 spiro atoms. The van der Waals surface area contributed by atoms with Crippen LogP contribution in [0.5, 0.6) is 5.75 Å². The molecule has 26 heavy (non-hydrogen) atoms. The molecule has 1 aromatic heterocycles. The van der Waals surface area contributed by atoms with Gasteiger partial charge in [0.25, 0.3) is 0 Å². The fraction of sp³-hybridized carbons (Fsp3) is 0.550. The maximum absolute atomic E-state index is 9.99. The van der Waals surface area contributed by atoms with Gasteiger partial charge in [-0.05, 0) is 49.9 Å². The molecule has 0 unspecified atom stereocenters. The molecule has 1 saturated heterocycles. The number of aliphatic hydroxyl groups excluding tert-OH is 1. The van der Waals surface area contributed by atoms with Crippen molar-refractivity contribution in [3.63, 3.8) is 0 Å². The summed E-state index contributed by atoms with van der Waals surface area (Å²) in [5.41, 5.74) is -0.00617. The van der Waals surface area contributed by atoms with Crippen molar-refractivity contribution in [2.24, 2.45) is 5.41 Å². The van der Waals surface area contributed by atoms with Gasteiger partial charge in [-0.2, -0.15) is 0 Å². The standard InChI is InChI=1S/C20H29N3O2S/c1-22(2)19-21-14-18(26-19)15-23-11-8-20(16-24,9-12-23)10-13-25-17-6-4-3-5-7-17/h3-7,14,24H,8-13,15-16H2,1-2H3. The first-order valence-corrected chi connectivity index (χ1v) is 10.0. The number of para-hydroxylation sites is 1. The third-order valence-corrected chi connectivity index (χ3v) is 6.35. The predicted molar refractivity (Wildman–Crippen MR) is 107 cm³/mol. The maximum Gasteiger partial charge on any atom is 0.185 e. The molecular formula is C20H29N3O2S. The molecule has 0 bridgehead atoms. The third-order valence-electron chi connectivity index (χ3n) is 5.20. The minimum Gasteiger partial charge on any atom is -0.494 e. The SMILES string of the molecule is CN(C)c1ncc(CN2CCC(CO)(CCOc3ccccc3)CC2)s1. The molecule has 0 amide bonds. The minimum absolute atomic E-state index is 0.00617. The smallest absolute Gasteiger partial charge is 0.185 e. The number of aromatic nitrogens is 1. The van der Waals surface area contributed by atoms with E-state index in [1.54, 1.807) is 11.3 Å². The van der Waals surface area contributed by atoms with Gasteiger partial charge in [0.2, 0.25) is 0 Å². The van der Waals surface area contributed by atoms with Crippen LogP contribution in [0.25, 0.3) is 0 Å². The summed E-state index contributed by atoms with van der Waals surface area (Å²) in [6.45, 7) is 3.88. The number of aliphatic hydroxyl groups is 1. The van der Waals surface area contributed by atoms with E-state index >= 15 is 0 Å². The van der Waals surface area contributed by atoms with E-state index in [0.29, 0.717) is 6.61 Å². The first-order chi connectivity index (χ1) is 12.6. The molecule has 3 rings (SSSR count). The van der Waals surface area contributed by atoms with Gasteiger partial charge in [0.05, 0.1) is 6.61 Å². The lowest BCUT2D eigenvalue weighted by atomic mass is 9.76. The number of anilines is 1. The largest absolute Gasteiger partial charge is 0.494 e. The Kier molecular flexibility index (Phi) is 6.51. The monoisotopic (exact) mass is 375 g/mol. The molecule has 142 valence electrons. The van der Waals surface area contributed by atoms with Gasteiger partial charge in [-0.1, -0.05) is 18.2 Å². The van der Waals surface area contributed by atoms with Crippen LogP contribution >= 0.6 is 11.3 Å². The summed E-state index contributed by atoms with van der Waals surface area (Å²) in [5, 5.41) is 11.0. The molecule has 2 heterocycles. The lowest BCUT2D eigenvalue weighted by molar-refractivity contribution is 0.0246. The van der Waals surface area contributed by atoms with E-state index in [1.165, 1.54) is 4.88 Å². The van der Waals surface area contributed by atoms with Gasteiger partial charge in [-0.3, -0.25) is 4.90 Å². The Labute approximate surface area is 160 Å². The number of likely N-dealkylation sites (tertiary alicyclic amines) is 1. The van der Waals surface area contributed by atoms with E-state index in [2.05, 4.69) is 9.88 Å². The van der Waals surface area contributed by atoms with Gasteiger partial charge in [0.1, 0.15) is 5.75 Å². The van der Waals surface area contributed by atoms with E-state index in [4.69, 9.17) is 4.74 Å². The molecule has 1 N–H and O–H groups in total. The average molecular weight is 376 g/mol. The summed E-state index contributed by atoms with van der Waals surface area (Å²) < 4.78 is 5.85. The van der Waals surface area contributed by atoms with Crippen LogP contribution in [0, 0.1) is 5.41 Å². The van der Waals surface area contributed by atoms with Gasteiger partial charge in [0.15, 0.2) is 5.13 Å². The zero-order valence-corrected chi connectivity index (χ0v) is 16.5. The van der Waals surface area contributed by atoms with Crippen LogP contribution in [0.4, 0.5) is 5.13 Å². The van der Waals surface area contributed by atoms with Crippen molar-refractivity contribution in [3.05, 3.63) is 41.4 Å². The summed E-state index contributed by atoms with van der Waals surface area (Å²) >= 11 is 1.76. The zero-order valence-electron chi connectivity index (χ0n) is 15.7. The Morgan fingerprint density at radius 3 is 2.58 bits per heavy atom. The first kappa shape index (κ1) is 19.1. The van der Waals surface area contributed by atoms with Crippen LogP contribution in [0.2, 0.25) is 0 Å². The molecule has 0 aliphatic carbocycles. The van der Waals surface area contributed by atoms with Crippen LogP contribution in [0.15, 0.2) is 36.5 Å². The van der Waals surface area contributed by atoms with Crippen LogP contribution in [-0.4, -0.2) is 55.4 Å². The minimum atomic E-state index is -0.00617. The fourth-order valence-corrected chi connectivity index (χ4v) is 4.25. The molecule has 5 nitrogen and oxygen atoms in total. The Morgan fingerprint density at radius 1 is 1.23 bits per heavy atom. The van der Waals surface area contributed by atoms with Crippen molar-refractivity contribution in [2.75, 3.05) is 45.3 Å². The number of ether oxygens (including phenoxy) is 1. The molecule has 1 aliphatic heterocycles. The molecule has 0 radical (unpaired) electrons.